The summed E-state index contributed by atoms with van der Waals surface area (Å²) in [5.74, 6) is 0.325. The second-order valence-corrected chi connectivity index (χ2v) is 9.05. The summed E-state index contributed by atoms with van der Waals surface area (Å²) in [4.78, 5) is 26.4. The van der Waals surface area contributed by atoms with Crippen LogP contribution >= 0.6 is 11.8 Å². The summed E-state index contributed by atoms with van der Waals surface area (Å²) in [6.07, 6.45) is 0.687. The second kappa shape index (κ2) is 7.50. The number of fused-ring (bicyclic) bond motifs is 4. The predicted octanol–water partition coefficient (Wildman–Crippen LogP) is 4.59. The highest BCUT2D eigenvalue weighted by Gasteiger charge is 2.34. The van der Waals surface area contributed by atoms with Crippen LogP contribution < -0.4 is 0 Å². The van der Waals surface area contributed by atoms with Gasteiger partial charge in [0.1, 0.15) is 0 Å². The highest BCUT2D eigenvalue weighted by Crippen LogP contribution is 2.29. The van der Waals surface area contributed by atoms with Crippen LogP contribution in [0.1, 0.15) is 43.8 Å². The molecular weight excluding hydrogens is 408 g/mol. The van der Waals surface area contributed by atoms with Crippen molar-refractivity contribution in [3.05, 3.63) is 70.3 Å². The van der Waals surface area contributed by atoms with E-state index in [0.717, 1.165) is 22.1 Å². The van der Waals surface area contributed by atoms with Gasteiger partial charge in [-0.25, -0.2) is 0 Å². The zero-order chi connectivity index (χ0) is 21.7. The van der Waals surface area contributed by atoms with Crippen molar-refractivity contribution in [1.29, 1.82) is 0 Å². The van der Waals surface area contributed by atoms with Crippen molar-refractivity contribution in [2.75, 3.05) is 12.3 Å². The fourth-order valence-electron chi connectivity index (χ4n) is 4.34. The highest BCUT2D eigenvalue weighted by molar-refractivity contribution is 7.99. The number of nitrogens with zero attached hydrogens (tertiary/aromatic N) is 4. The Morgan fingerprint density at radius 1 is 0.903 bits per heavy atom. The van der Waals surface area contributed by atoms with Crippen molar-refractivity contribution in [2.45, 2.75) is 32.3 Å². The van der Waals surface area contributed by atoms with Gasteiger partial charge in [0.05, 0.1) is 16.6 Å². The van der Waals surface area contributed by atoms with E-state index in [2.05, 4.69) is 53.6 Å². The van der Waals surface area contributed by atoms with Crippen LogP contribution in [0.4, 0.5) is 0 Å². The van der Waals surface area contributed by atoms with Crippen molar-refractivity contribution in [3.8, 4) is 0 Å². The van der Waals surface area contributed by atoms with Gasteiger partial charge < -0.3 is 0 Å². The maximum Gasteiger partial charge on any atom is 0.261 e. The third-order valence-corrected chi connectivity index (χ3v) is 6.75. The predicted molar refractivity (Wildman–Crippen MR) is 122 cm³/mol. The van der Waals surface area contributed by atoms with E-state index in [9.17, 15) is 9.59 Å². The van der Waals surface area contributed by atoms with Gasteiger partial charge in [0.25, 0.3) is 11.8 Å². The maximum atomic E-state index is 12.5. The van der Waals surface area contributed by atoms with Gasteiger partial charge in [-0.15, -0.1) is 10.2 Å². The number of pyridine rings is 1. The summed E-state index contributed by atoms with van der Waals surface area (Å²) in [6.45, 7) is 6.72. The molecule has 0 saturated heterocycles. The van der Waals surface area contributed by atoms with Gasteiger partial charge in [-0.3, -0.25) is 18.9 Å². The third-order valence-electron chi connectivity index (χ3n) is 5.73. The lowest BCUT2D eigenvalue weighted by Gasteiger charge is -2.13. The third kappa shape index (κ3) is 3.20. The van der Waals surface area contributed by atoms with E-state index in [-0.39, 0.29) is 11.8 Å². The van der Waals surface area contributed by atoms with Gasteiger partial charge in [0, 0.05) is 17.7 Å². The largest absolute Gasteiger partial charge is 0.274 e. The fraction of sp³-hybridized carbons (Fsp3) is 0.250. The minimum atomic E-state index is -0.203. The Balaban J connectivity index is 1.35. The van der Waals surface area contributed by atoms with Gasteiger partial charge >= 0.3 is 0 Å². The molecule has 0 saturated carbocycles. The molecule has 4 aromatic rings. The molecular formula is C24H22N4O2S. The van der Waals surface area contributed by atoms with Crippen LogP contribution in [-0.4, -0.2) is 43.6 Å². The molecule has 0 fully saturated rings. The lowest BCUT2D eigenvalue weighted by molar-refractivity contribution is 0.0655. The van der Waals surface area contributed by atoms with Gasteiger partial charge in [0.15, 0.2) is 10.8 Å². The molecule has 2 aromatic carbocycles. The number of hydrogen-bond donors (Lipinski definition) is 0. The minimum Gasteiger partial charge on any atom is -0.274 e. The number of benzene rings is 2. The van der Waals surface area contributed by atoms with Crippen LogP contribution in [0.3, 0.4) is 0 Å². The average molecular weight is 431 g/mol. The summed E-state index contributed by atoms with van der Waals surface area (Å²) < 4.78 is 2.11. The molecule has 5 rings (SSSR count). The van der Waals surface area contributed by atoms with E-state index in [4.69, 9.17) is 0 Å². The molecule has 0 aliphatic carbocycles. The smallest absolute Gasteiger partial charge is 0.261 e. The molecule has 1 aliphatic rings. The van der Waals surface area contributed by atoms with E-state index in [1.165, 1.54) is 27.0 Å². The van der Waals surface area contributed by atoms with Gasteiger partial charge in [-0.2, -0.15) is 0 Å². The lowest BCUT2D eigenvalue weighted by atomic mass is 10.0. The Morgan fingerprint density at radius 2 is 1.61 bits per heavy atom. The van der Waals surface area contributed by atoms with Crippen LogP contribution in [-0.2, 0) is 0 Å². The SMILES string of the molecule is Cc1cc(C)c2c(c1)c(C)cc1nnc(SCCCN3C(=O)c4ccccc4C3=O)n12. The zero-order valence-corrected chi connectivity index (χ0v) is 18.5. The summed E-state index contributed by atoms with van der Waals surface area (Å²) in [5.41, 5.74) is 6.57. The van der Waals surface area contributed by atoms with E-state index in [1.807, 2.05) is 0 Å². The molecule has 7 heteroatoms. The number of aryl methyl sites for hydroxylation is 3. The standard InChI is InChI=1S/C24H22N4O2S/c1-14-11-16(3)21-19(12-14)15(2)13-20-25-26-24(28(20)21)31-10-6-9-27-22(29)17-7-4-5-8-18(17)23(27)30/h4-5,7-8,11-13H,6,9-10H2,1-3H3. The number of aromatic nitrogens is 3. The molecule has 2 aromatic heterocycles. The molecule has 31 heavy (non-hydrogen) atoms. The van der Waals surface area contributed by atoms with Gasteiger partial charge in [-0.05, 0) is 62.6 Å². The van der Waals surface area contributed by atoms with Crippen molar-refractivity contribution >= 4 is 40.1 Å². The number of carbonyl (C=O) groups is 2. The van der Waals surface area contributed by atoms with E-state index < -0.39 is 0 Å². The van der Waals surface area contributed by atoms with Crippen LogP contribution in [0.2, 0.25) is 0 Å². The number of carbonyl (C=O) groups excluding carboxylic acids is 2. The molecule has 0 atom stereocenters. The van der Waals surface area contributed by atoms with Gasteiger partial charge in [0.2, 0.25) is 0 Å². The first kappa shape index (κ1) is 19.8. The summed E-state index contributed by atoms with van der Waals surface area (Å²) in [5, 5.41) is 10.8. The monoisotopic (exact) mass is 430 g/mol. The Kier molecular flexibility index (Phi) is 4.78. The first-order valence-corrected chi connectivity index (χ1v) is 11.3. The molecule has 1 aliphatic heterocycles. The topological polar surface area (TPSA) is 67.6 Å². The fourth-order valence-corrected chi connectivity index (χ4v) is 5.20. The molecule has 0 bridgehead atoms. The quantitative estimate of drug-likeness (QED) is 0.263. The zero-order valence-electron chi connectivity index (χ0n) is 17.7. The molecule has 0 unspecified atom stereocenters. The van der Waals surface area contributed by atoms with E-state index in [1.54, 1.807) is 36.0 Å². The molecule has 3 heterocycles. The first-order valence-electron chi connectivity index (χ1n) is 10.3. The summed E-state index contributed by atoms with van der Waals surface area (Å²) >= 11 is 1.60. The Bertz CT molecular complexity index is 1340. The van der Waals surface area contributed by atoms with Crippen LogP contribution in [0, 0.1) is 20.8 Å². The molecule has 6 nitrogen and oxygen atoms in total. The van der Waals surface area contributed by atoms with E-state index in [0.29, 0.717) is 24.1 Å². The molecule has 156 valence electrons. The highest BCUT2D eigenvalue weighted by atomic mass is 32.2. The minimum absolute atomic E-state index is 0.203. The maximum absolute atomic E-state index is 12.5. The normalized spacial score (nSPS) is 13.6. The van der Waals surface area contributed by atoms with Gasteiger partial charge in [-0.1, -0.05) is 35.5 Å². The van der Waals surface area contributed by atoms with Crippen molar-refractivity contribution in [2.24, 2.45) is 0 Å². The Labute approximate surface area is 184 Å². The lowest BCUT2D eigenvalue weighted by Crippen LogP contribution is -2.31. The number of thioether (sulfide) groups is 1. The number of amides is 2. The number of rotatable bonds is 5. The second-order valence-electron chi connectivity index (χ2n) is 7.99. The molecule has 0 spiro atoms. The number of hydrogen-bond acceptors (Lipinski definition) is 5. The average Bonchev–Trinajstić information content (AvgIpc) is 3.25. The number of imide groups is 1. The van der Waals surface area contributed by atoms with Crippen molar-refractivity contribution in [1.82, 2.24) is 19.5 Å². The molecule has 0 N–H and O–H groups in total. The summed E-state index contributed by atoms with van der Waals surface area (Å²) in [7, 11) is 0. The Hall–Kier alpha value is -3.19. The molecule has 2 amide bonds. The van der Waals surface area contributed by atoms with Crippen LogP contribution in [0.15, 0.2) is 47.6 Å². The van der Waals surface area contributed by atoms with Crippen LogP contribution in [0.25, 0.3) is 16.6 Å². The first-order chi connectivity index (χ1) is 15.0. The van der Waals surface area contributed by atoms with Crippen LogP contribution in [0.5, 0.6) is 0 Å². The molecule has 0 radical (unpaired) electrons. The van der Waals surface area contributed by atoms with Crippen molar-refractivity contribution in [3.63, 3.8) is 0 Å². The Morgan fingerprint density at radius 3 is 2.32 bits per heavy atom. The van der Waals surface area contributed by atoms with Crippen molar-refractivity contribution < 1.29 is 9.59 Å². The van der Waals surface area contributed by atoms with E-state index >= 15 is 0 Å². The summed E-state index contributed by atoms with van der Waals surface area (Å²) in [6, 6.07) is 13.4.